The van der Waals surface area contributed by atoms with Gasteiger partial charge in [0.1, 0.15) is 22.1 Å². The number of methoxy groups -OCH3 is 1. The normalized spacial score (nSPS) is 13.8. The lowest BCUT2D eigenvalue weighted by Gasteiger charge is -2.18. The lowest BCUT2D eigenvalue weighted by atomic mass is 10.1. The van der Waals surface area contributed by atoms with Crippen molar-refractivity contribution in [2.75, 3.05) is 7.11 Å². The van der Waals surface area contributed by atoms with Crippen molar-refractivity contribution >= 4 is 17.5 Å². The number of benzene rings is 2. The molecule has 1 aliphatic heterocycles. The number of hydrogen-bond acceptors (Lipinski definition) is 3. The molecule has 1 amide bonds. The standard InChI is InChI=1S/C16H13ClFNO3/c1-22-12-6-11(20)13(15(18)14(12)17)16(21)19-7-9-4-2-3-5-10(9)8-19/h2-6,20H,7-8H2,1H3/i4D. The number of carbonyl (C=O) groups is 1. The van der Waals surface area contributed by atoms with E-state index in [-0.39, 0.29) is 23.9 Å². The van der Waals surface area contributed by atoms with Crippen molar-refractivity contribution in [2.45, 2.75) is 13.1 Å². The van der Waals surface area contributed by atoms with Crippen molar-refractivity contribution in [1.29, 1.82) is 0 Å². The molecule has 2 aromatic rings. The zero-order valence-corrected chi connectivity index (χ0v) is 12.4. The molecule has 0 saturated heterocycles. The molecular weight excluding hydrogens is 309 g/mol. The molecule has 0 radical (unpaired) electrons. The van der Waals surface area contributed by atoms with Gasteiger partial charge in [0.05, 0.1) is 8.48 Å². The summed E-state index contributed by atoms with van der Waals surface area (Å²) in [6, 6.07) is 6.62. The molecule has 0 fully saturated rings. The van der Waals surface area contributed by atoms with Gasteiger partial charge in [0.15, 0.2) is 5.82 Å². The van der Waals surface area contributed by atoms with Gasteiger partial charge in [-0.25, -0.2) is 4.39 Å². The van der Waals surface area contributed by atoms with Crippen LogP contribution in [-0.4, -0.2) is 23.0 Å². The second kappa shape index (κ2) is 5.50. The molecule has 6 heteroatoms. The molecule has 0 aromatic heterocycles. The van der Waals surface area contributed by atoms with E-state index < -0.39 is 23.0 Å². The number of fused-ring (bicyclic) bond motifs is 1. The van der Waals surface area contributed by atoms with E-state index in [1.54, 1.807) is 12.1 Å². The first kappa shape index (κ1) is 13.4. The molecule has 0 atom stereocenters. The van der Waals surface area contributed by atoms with Crippen molar-refractivity contribution in [3.05, 3.63) is 57.8 Å². The second-order valence-corrected chi connectivity index (χ2v) is 5.31. The van der Waals surface area contributed by atoms with Gasteiger partial charge in [-0.1, -0.05) is 35.8 Å². The largest absolute Gasteiger partial charge is 0.507 e. The van der Waals surface area contributed by atoms with Crippen molar-refractivity contribution in [2.24, 2.45) is 0 Å². The van der Waals surface area contributed by atoms with Crippen LogP contribution in [0.2, 0.25) is 5.02 Å². The van der Waals surface area contributed by atoms with E-state index in [1.807, 2.05) is 6.07 Å². The number of phenols is 1. The summed E-state index contributed by atoms with van der Waals surface area (Å²) < 4.78 is 27.1. The molecule has 0 aliphatic carbocycles. The zero-order valence-electron chi connectivity index (χ0n) is 12.7. The van der Waals surface area contributed by atoms with Crippen molar-refractivity contribution in [1.82, 2.24) is 4.90 Å². The summed E-state index contributed by atoms with van der Waals surface area (Å²) in [5.41, 5.74) is 1.07. The molecule has 1 N–H and O–H groups in total. The summed E-state index contributed by atoms with van der Waals surface area (Å²) >= 11 is 5.82. The van der Waals surface area contributed by atoms with Gasteiger partial charge < -0.3 is 14.7 Å². The molecule has 22 heavy (non-hydrogen) atoms. The Morgan fingerprint density at radius 2 is 2.18 bits per heavy atom. The summed E-state index contributed by atoms with van der Waals surface area (Å²) in [6.07, 6.45) is 0. The summed E-state index contributed by atoms with van der Waals surface area (Å²) in [7, 11) is 1.29. The average Bonchev–Trinajstić information content (AvgIpc) is 2.96. The Bertz CT molecular complexity index is 812. The Morgan fingerprint density at radius 3 is 2.86 bits per heavy atom. The number of aromatic hydroxyl groups is 1. The molecule has 0 unspecified atom stereocenters. The van der Waals surface area contributed by atoms with E-state index in [4.69, 9.17) is 17.7 Å². The maximum absolute atomic E-state index is 14.4. The van der Waals surface area contributed by atoms with Gasteiger partial charge in [-0.3, -0.25) is 4.79 Å². The quantitative estimate of drug-likeness (QED) is 0.922. The summed E-state index contributed by atoms with van der Waals surface area (Å²) in [5, 5.41) is 9.61. The number of hydrogen-bond donors (Lipinski definition) is 1. The van der Waals surface area contributed by atoms with E-state index in [0.29, 0.717) is 6.04 Å². The Hall–Kier alpha value is -2.27. The van der Waals surface area contributed by atoms with Crippen molar-refractivity contribution in [3.63, 3.8) is 0 Å². The summed E-state index contributed by atoms with van der Waals surface area (Å²) in [5.74, 6) is -2.28. The van der Waals surface area contributed by atoms with Crippen LogP contribution >= 0.6 is 11.6 Å². The van der Waals surface area contributed by atoms with Crippen LogP contribution < -0.4 is 4.74 Å². The van der Waals surface area contributed by atoms with E-state index in [2.05, 4.69) is 0 Å². The Balaban J connectivity index is 1.97. The van der Waals surface area contributed by atoms with Crippen LogP contribution in [0, 0.1) is 5.82 Å². The minimum Gasteiger partial charge on any atom is -0.507 e. The molecule has 3 rings (SSSR count). The van der Waals surface area contributed by atoms with E-state index >= 15 is 0 Å². The fraction of sp³-hybridized carbons (Fsp3) is 0.188. The number of halogens is 2. The number of carbonyl (C=O) groups excluding carboxylic acids is 1. The molecule has 0 bridgehead atoms. The monoisotopic (exact) mass is 322 g/mol. The van der Waals surface area contributed by atoms with Gasteiger partial charge in [-0.2, -0.15) is 0 Å². The van der Waals surface area contributed by atoms with E-state index in [9.17, 15) is 14.3 Å². The molecule has 1 aliphatic rings. The maximum Gasteiger partial charge on any atom is 0.261 e. The highest BCUT2D eigenvalue weighted by atomic mass is 35.5. The van der Waals surface area contributed by atoms with E-state index in [0.717, 1.165) is 17.2 Å². The Labute approximate surface area is 133 Å². The Morgan fingerprint density at radius 1 is 1.45 bits per heavy atom. The third-order valence-corrected chi connectivity index (χ3v) is 3.97. The topological polar surface area (TPSA) is 49.8 Å². The minimum atomic E-state index is -1.02. The van der Waals surface area contributed by atoms with Crippen molar-refractivity contribution in [3.8, 4) is 11.5 Å². The van der Waals surface area contributed by atoms with Crippen LogP contribution in [0.5, 0.6) is 11.5 Å². The predicted molar refractivity (Wildman–Crippen MR) is 79.6 cm³/mol. The van der Waals surface area contributed by atoms with Crippen LogP contribution in [0.3, 0.4) is 0 Å². The summed E-state index contributed by atoms with van der Waals surface area (Å²) in [6.45, 7) is 0.444. The lowest BCUT2D eigenvalue weighted by Crippen LogP contribution is -2.26. The molecule has 114 valence electrons. The molecule has 4 nitrogen and oxygen atoms in total. The third-order valence-electron chi connectivity index (χ3n) is 3.62. The first-order valence-corrected chi connectivity index (χ1v) is 6.93. The highest BCUT2D eigenvalue weighted by Crippen LogP contribution is 2.37. The van der Waals surface area contributed by atoms with Crippen LogP contribution in [0.15, 0.2) is 30.3 Å². The van der Waals surface area contributed by atoms with Gasteiger partial charge in [0, 0.05) is 19.2 Å². The first-order chi connectivity index (χ1) is 10.9. The highest BCUT2D eigenvalue weighted by Gasteiger charge is 2.30. The fourth-order valence-corrected chi connectivity index (χ4v) is 2.72. The highest BCUT2D eigenvalue weighted by molar-refractivity contribution is 6.32. The average molecular weight is 323 g/mol. The van der Waals surface area contributed by atoms with Crippen LogP contribution in [-0.2, 0) is 13.1 Å². The molecule has 0 spiro atoms. The fourth-order valence-electron chi connectivity index (χ4n) is 2.50. The summed E-state index contributed by atoms with van der Waals surface area (Å²) in [4.78, 5) is 14.0. The van der Waals surface area contributed by atoms with Gasteiger partial charge in [-0.05, 0) is 11.1 Å². The molecule has 0 saturated carbocycles. The third kappa shape index (κ3) is 2.27. The second-order valence-electron chi connectivity index (χ2n) is 4.94. The van der Waals surface area contributed by atoms with Crippen LogP contribution in [0.25, 0.3) is 0 Å². The van der Waals surface area contributed by atoms with Crippen molar-refractivity contribution < 1.29 is 20.4 Å². The van der Waals surface area contributed by atoms with Crippen LogP contribution in [0.1, 0.15) is 22.9 Å². The van der Waals surface area contributed by atoms with Crippen LogP contribution in [0.4, 0.5) is 4.39 Å². The smallest absolute Gasteiger partial charge is 0.261 e. The zero-order chi connectivity index (χ0) is 16.7. The number of phenolic OH excluding ortho intramolecular Hbond substituents is 1. The number of nitrogens with zero attached hydrogens (tertiary/aromatic N) is 1. The van der Waals surface area contributed by atoms with E-state index in [1.165, 1.54) is 12.0 Å². The molecular formula is C16H13ClFNO3. The predicted octanol–water partition coefficient (Wildman–Crippen LogP) is 3.35. The van der Waals surface area contributed by atoms with Gasteiger partial charge in [0.25, 0.3) is 5.91 Å². The van der Waals surface area contributed by atoms with Gasteiger partial charge >= 0.3 is 0 Å². The molecule has 2 aromatic carbocycles. The molecule has 1 heterocycles. The van der Waals surface area contributed by atoms with Gasteiger partial charge in [-0.15, -0.1) is 0 Å². The maximum atomic E-state index is 14.4. The first-order valence-electron chi connectivity index (χ1n) is 7.05. The number of amides is 1. The lowest BCUT2D eigenvalue weighted by molar-refractivity contribution is 0.0743. The van der Waals surface area contributed by atoms with Gasteiger partial charge in [0.2, 0.25) is 0 Å². The number of rotatable bonds is 2. The Kier molecular flexibility index (Phi) is 3.35. The minimum absolute atomic E-state index is 0.0450. The number of ether oxygens (including phenoxy) is 1. The SMILES string of the molecule is [2H]c1cccc2c1CN(C(=O)c1c(O)cc(OC)c(Cl)c1F)C2.